The molecule has 0 radical (unpaired) electrons. The molecule has 8 heteroatoms. The van der Waals surface area contributed by atoms with Gasteiger partial charge in [0.1, 0.15) is 11.9 Å². The van der Waals surface area contributed by atoms with Crippen molar-refractivity contribution in [2.45, 2.75) is 25.4 Å². The van der Waals surface area contributed by atoms with E-state index in [1.54, 1.807) is 4.90 Å². The zero-order valence-electron chi connectivity index (χ0n) is 12.4. The number of likely N-dealkylation sites (tertiary alicyclic amines) is 1. The quantitative estimate of drug-likeness (QED) is 0.866. The van der Waals surface area contributed by atoms with E-state index in [0.717, 1.165) is 12.1 Å². The number of hydrogen-bond donors (Lipinski definition) is 2. The van der Waals surface area contributed by atoms with Gasteiger partial charge in [0.2, 0.25) is 0 Å². The molecule has 1 aliphatic heterocycles. The SMILES string of the molecule is O=C(O)CCNC(=O)N1CCC(Oc2ccc(F)cc2F)CC1. The summed E-state index contributed by atoms with van der Waals surface area (Å²) in [6.07, 6.45) is 0.652. The van der Waals surface area contributed by atoms with Gasteiger partial charge in [0.25, 0.3) is 0 Å². The lowest BCUT2D eigenvalue weighted by molar-refractivity contribution is -0.136. The number of amides is 2. The summed E-state index contributed by atoms with van der Waals surface area (Å²) in [5.41, 5.74) is 0. The number of ether oxygens (including phenoxy) is 1. The van der Waals surface area contributed by atoms with Gasteiger partial charge in [-0.1, -0.05) is 0 Å². The second-order valence-electron chi connectivity index (χ2n) is 5.25. The number of nitrogens with one attached hydrogen (secondary N) is 1. The van der Waals surface area contributed by atoms with Crippen molar-refractivity contribution in [1.29, 1.82) is 0 Å². The van der Waals surface area contributed by atoms with Gasteiger partial charge >= 0.3 is 12.0 Å². The van der Waals surface area contributed by atoms with Crippen LogP contribution in [0.1, 0.15) is 19.3 Å². The van der Waals surface area contributed by atoms with Crippen molar-refractivity contribution >= 4 is 12.0 Å². The zero-order chi connectivity index (χ0) is 16.8. The lowest BCUT2D eigenvalue weighted by Gasteiger charge is -2.32. The minimum absolute atomic E-state index is 0.00393. The van der Waals surface area contributed by atoms with Crippen molar-refractivity contribution < 1.29 is 28.2 Å². The van der Waals surface area contributed by atoms with E-state index in [0.29, 0.717) is 25.9 Å². The Morgan fingerprint density at radius 1 is 1.30 bits per heavy atom. The van der Waals surface area contributed by atoms with Crippen LogP contribution in [0.2, 0.25) is 0 Å². The fourth-order valence-corrected chi connectivity index (χ4v) is 2.32. The van der Waals surface area contributed by atoms with E-state index in [4.69, 9.17) is 9.84 Å². The summed E-state index contributed by atoms with van der Waals surface area (Å²) < 4.78 is 31.9. The number of carbonyl (C=O) groups excluding carboxylic acids is 1. The molecule has 0 aromatic heterocycles. The fourth-order valence-electron chi connectivity index (χ4n) is 2.32. The number of carboxylic acid groups (broad SMARTS) is 1. The number of carbonyl (C=O) groups is 2. The Hall–Kier alpha value is -2.38. The predicted molar refractivity (Wildman–Crippen MR) is 77.2 cm³/mol. The summed E-state index contributed by atoms with van der Waals surface area (Å²) in [5, 5.41) is 11.0. The number of urea groups is 1. The molecule has 0 aliphatic carbocycles. The Balaban J connectivity index is 1.77. The molecule has 6 nitrogen and oxygen atoms in total. The van der Waals surface area contributed by atoms with Crippen LogP contribution in [0.15, 0.2) is 18.2 Å². The second-order valence-corrected chi connectivity index (χ2v) is 5.25. The third-order valence-electron chi connectivity index (χ3n) is 3.53. The number of nitrogens with zero attached hydrogens (tertiary/aromatic N) is 1. The third kappa shape index (κ3) is 5.08. The topological polar surface area (TPSA) is 78.9 Å². The standard InChI is InChI=1S/C15H18F2N2O4/c16-10-1-2-13(12(17)9-10)23-11-4-7-19(8-5-11)15(22)18-6-3-14(20)21/h1-2,9,11H,3-8H2,(H,18,22)(H,20,21). The third-order valence-corrected chi connectivity index (χ3v) is 3.53. The molecule has 2 amide bonds. The summed E-state index contributed by atoms with van der Waals surface area (Å²) in [6, 6.07) is 2.82. The minimum Gasteiger partial charge on any atom is -0.487 e. The number of piperidine rings is 1. The number of carboxylic acids is 1. The van der Waals surface area contributed by atoms with Crippen LogP contribution in [0, 0.1) is 11.6 Å². The molecule has 0 spiro atoms. The lowest BCUT2D eigenvalue weighted by Crippen LogP contribution is -2.46. The monoisotopic (exact) mass is 328 g/mol. The van der Waals surface area contributed by atoms with Crippen molar-refractivity contribution in [3.8, 4) is 5.75 Å². The van der Waals surface area contributed by atoms with E-state index in [1.165, 1.54) is 6.07 Å². The van der Waals surface area contributed by atoms with Crippen molar-refractivity contribution in [3.05, 3.63) is 29.8 Å². The molecule has 0 bridgehead atoms. The maximum Gasteiger partial charge on any atom is 0.317 e. The van der Waals surface area contributed by atoms with E-state index < -0.39 is 17.6 Å². The Morgan fingerprint density at radius 3 is 2.61 bits per heavy atom. The van der Waals surface area contributed by atoms with E-state index >= 15 is 0 Å². The highest BCUT2D eigenvalue weighted by Crippen LogP contribution is 2.22. The Morgan fingerprint density at radius 2 is 2.00 bits per heavy atom. The molecule has 0 atom stereocenters. The van der Waals surface area contributed by atoms with Crippen LogP contribution in [0.25, 0.3) is 0 Å². The van der Waals surface area contributed by atoms with Crippen LogP contribution in [-0.2, 0) is 4.79 Å². The summed E-state index contributed by atoms with van der Waals surface area (Å²) in [6.45, 7) is 0.921. The van der Waals surface area contributed by atoms with Crippen LogP contribution in [0.5, 0.6) is 5.75 Å². The molecule has 1 heterocycles. The molecule has 0 saturated carbocycles. The zero-order valence-corrected chi connectivity index (χ0v) is 12.4. The van der Waals surface area contributed by atoms with Gasteiger partial charge in [-0.05, 0) is 12.1 Å². The van der Waals surface area contributed by atoms with E-state index in [-0.39, 0.29) is 30.9 Å². The van der Waals surface area contributed by atoms with Crippen molar-refractivity contribution in [2.75, 3.05) is 19.6 Å². The first kappa shape index (κ1) is 17.0. The van der Waals surface area contributed by atoms with Crippen LogP contribution in [0.4, 0.5) is 13.6 Å². The number of halogens is 2. The van der Waals surface area contributed by atoms with Gasteiger partial charge in [-0.3, -0.25) is 4.79 Å². The smallest absolute Gasteiger partial charge is 0.317 e. The number of benzene rings is 1. The highest BCUT2D eigenvalue weighted by atomic mass is 19.1. The lowest BCUT2D eigenvalue weighted by atomic mass is 10.1. The highest BCUT2D eigenvalue weighted by molar-refractivity contribution is 5.75. The van der Waals surface area contributed by atoms with E-state index in [9.17, 15) is 18.4 Å². The van der Waals surface area contributed by atoms with E-state index in [1.807, 2.05) is 0 Å². The van der Waals surface area contributed by atoms with Crippen molar-refractivity contribution in [3.63, 3.8) is 0 Å². The van der Waals surface area contributed by atoms with Gasteiger partial charge in [-0.25, -0.2) is 13.6 Å². The van der Waals surface area contributed by atoms with Gasteiger partial charge in [0.15, 0.2) is 11.6 Å². The van der Waals surface area contributed by atoms with Gasteiger partial charge in [0, 0.05) is 38.5 Å². The Kier molecular flexibility index (Phi) is 5.72. The number of aliphatic carboxylic acids is 1. The predicted octanol–water partition coefficient (Wildman–Crippen LogP) is 1.99. The second kappa shape index (κ2) is 7.75. The molecule has 1 saturated heterocycles. The molecule has 126 valence electrons. The molecular weight excluding hydrogens is 310 g/mol. The van der Waals surface area contributed by atoms with Gasteiger partial charge in [-0.2, -0.15) is 0 Å². The largest absolute Gasteiger partial charge is 0.487 e. The summed E-state index contributed by atoms with van der Waals surface area (Å²) in [7, 11) is 0. The van der Waals surface area contributed by atoms with Crippen molar-refractivity contribution in [2.24, 2.45) is 0 Å². The number of hydrogen-bond acceptors (Lipinski definition) is 3. The molecule has 23 heavy (non-hydrogen) atoms. The molecule has 1 aliphatic rings. The van der Waals surface area contributed by atoms with Crippen LogP contribution < -0.4 is 10.1 Å². The average molecular weight is 328 g/mol. The Bertz CT molecular complexity index is 575. The normalized spacial score (nSPS) is 15.3. The van der Waals surface area contributed by atoms with Crippen LogP contribution >= 0.6 is 0 Å². The molecule has 0 unspecified atom stereocenters. The van der Waals surface area contributed by atoms with Crippen LogP contribution in [0.3, 0.4) is 0 Å². The minimum atomic E-state index is -0.973. The van der Waals surface area contributed by atoms with Gasteiger partial charge in [0.05, 0.1) is 6.42 Å². The highest BCUT2D eigenvalue weighted by Gasteiger charge is 2.24. The molecule has 1 aromatic carbocycles. The molecular formula is C15H18F2N2O4. The Labute approximate surface area is 132 Å². The molecule has 1 fully saturated rings. The van der Waals surface area contributed by atoms with Crippen molar-refractivity contribution in [1.82, 2.24) is 10.2 Å². The summed E-state index contributed by atoms with van der Waals surface area (Å²) in [5.74, 6) is -2.39. The molecule has 2 N–H and O–H groups in total. The van der Waals surface area contributed by atoms with Crippen LogP contribution in [-0.4, -0.2) is 47.7 Å². The van der Waals surface area contributed by atoms with Gasteiger partial charge < -0.3 is 20.1 Å². The summed E-state index contributed by atoms with van der Waals surface area (Å²) >= 11 is 0. The first-order valence-electron chi connectivity index (χ1n) is 7.32. The van der Waals surface area contributed by atoms with E-state index in [2.05, 4.69) is 5.32 Å². The van der Waals surface area contributed by atoms with Gasteiger partial charge in [-0.15, -0.1) is 0 Å². The summed E-state index contributed by atoms with van der Waals surface area (Å²) in [4.78, 5) is 23.8. The maximum absolute atomic E-state index is 13.5. The average Bonchev–Trinajstić information content (AvgIpc) is 2.50. The molecule has 1 aromatic rings. The molecule has 2 rings (SSSR count). The maximum atomic E-state index is 13.5. The first-order chi connectivity index (χ1) is 11.0. The number of rotatable bonds is 5. The fraction of sp³-hybridized carbons (Fsp3) is 0.467. The first-order valence-corrected chi connectivity index (χ1v) is 7.32.